The summed E-state index contributed by atoms with van der Waals surface area (Å²) in [6.07, 6.45) is 12.2. The highest BCUT2D eigenvalue weighted by Crippen LogP contribution is 2.65. The topological polar surface area (TPSA) is 38.3 Å². The lowest BCUT2D eigenvalue weighted by atomic mass is 9.48. The zero-order valence-corrected chi connectivity index (χ0v) is 14.8. The molecule has 0 spiro atoms. The van der Waals surface area contributed by atoms with E-state index < -0.39 is 0 Å². The number of carbonyl (C=O) groups is 1. The van der Waals surface area contributed by atoms with Gasteiger partial charge in [-0.2, -0.15) is 0 Å². The molecule has 128 valence electrons. The first-order valence-electron chi connectivity index (χ1n) is 9.49. The van der Waals surface area contributed by atoms with Crippen molar-refractivity contribution in [1.82, 2.24) is 5.32 Å². The molecule has 4 rings (SSSR count). The molecule has 3 heteroatoms. The standard InChI is InChI=1S/C20H31NO2/c1-19-11-9-15-13(14(19)6-7-16(19)18(22)23-3)5-8-17-20(15,2)10-4-12-21-17/h4,10,13-17,21H,5-9,11-12H2,1-3H3/t13?,14-,15?,16+,17?,19-,20+/m0/s1. The van der Waals surface area contributed by atoms with Gasteiger partial charge >= 0.3 is 5.97 Å². The van der Waals surface area contributed by atoms with Crippen LogP contribution in [-0.4, -0.2) is 25.7 Å². The lowest BCUT2D eigenvalue weighted by Gasteiger charge is -2.58. The molecule has 23 heavy (non-hydrogen) atoms. The van der Waals surface area contributed by atoms with Crippen molar-refractivity contribution >= 4 is 5.97 Å². The molecule has 3 nitrogen and oxygen atoms in total. The fourth-order valence-corrected chi connectivity index (χ4v) is 7.01. The van der Waals surface area contributed by atoms with Crippen LogP contribution in [0.3, 0.4) is 0 Å². The zero-order valence-electron chi connectivity index (χ0n) is 14.8. The van der Waals surface area contributed by atoms with Crippen LogP contribution in [-0.2, 0) is 9.53 Å². The predicted molar refractivity (Wildman–Crippen MR) is 90.8 cm³/mol. The number of esters is 1. The molecule has 0 aromatic carbocycles. The second kappa shape index (κ2) is 5.34. The Morgan fingerprint density at radius 1 is 1.13 bits per heavy atom. The van der Waals surface area contributed by atoms with Crippen LogP contribution in [0.5, 0.6) is 0 Å². The van der Waals surface area contributed by atoms with Gasteiger partial charge in [-0.05, 0) is 61.7 Å². The van der Waals surface area contributed by atoms with Crippen molar-refractivity contribution in [3.05, 3.63) is 12.2 Å². The quantitative estimate of drug-likeness (QED) is 0.594. The first kappa shape index (κ1) is 15.7. The molecule has 0 radical (unpaired) electrons. The summed E-state index contributed by atoms with van der Waals surface area (Å²) >= 11 is 0. The third kappa shape index (κ3) is 2.08. The van der Waals surface area contributed by atoms with Crippen LogP contribution in [0.25, 0.3) is 0 Å². The Morgan fingerprint density at radius 3 is 2.74 bits per heavy atom. The number of hydrogen-bond donors (Lipinski definition) is 1. The van der Waals surface area contributed by atoms with E-state index in [0.29, 0.717) is 17.4 Å². The van der Waals surface area contributed by atoms with Crippen LogP contribution in [0.4, 0.5) is 0 Å². The van der Waals surface area contributed by atoms with Crippen LogP contribution in [0.2, 0.25) is 0 Å². The lowest BCUT2D eigenvalue weighted by Crippen LogP contribution is -2.58. The Labute approximate surface area is 140 Å². The maximum atomic E-state index is 12.3. The molecule has 0 saturated heterocycles. The van der Waals surface area contributed by atoms with Crippen LogP contribution in [0, 0.1) is 34.5 Å². The molecule has 4 aliphatic rings. The first-order valence-corrected chi connectivity index (χ1v) is 9.49. The normalized spacial score (nSPS) is 51.5. The van der Waals surface area contributed by atoms with Crippen molar-refractivity contribution in [2.24, 2.45) is 34.5 Å². The molecule has 0 bridgehead atoms. The Hall–Kier alpha value is -0.830. The second-order valence-electron chi connectivity index (χ2n) is 8.88. The average Bonchev–Trinajstić information content (AvgIpc) is 2.91. The van der Waals surface area contributed by atoms with E-state index in [0.717, 1.165) is 24.8 Å². The summed E-state index contributed by atoms with van der Waals surface area (Å²) < 4.78 is 5.13. The minimum Gasteiger partial charge on any atom is -0.469 e. The van der Waals surface area contributed by atoms with E-state index in [-0.39, 0.29) is 17.3 Å². The van der Waals surface area contributed by atoms with E-state index >= 15 is 0 Å². The summed E-state index contributed by atoms with van der Waals surface area (Å²) in [5.41, 5.74) is 0.481. The molecular weight excluding hydrogens is 286 g/mol. The highest BCUT2D eigenvalue weighted by molar-refractivity contribution is 5.73. The van der Waals surface area contributed by atoms with Crippen molar-refractivity contribution < 1.29 is 9.53 Å². The van der Waals surface area contributed by atoms with Gasteiger partial charge in [-0.25, -0.2) is 0 Å². The Balaban J connectivity index is 1.64. The highest BCUT2D eigenvalue weighted by atomic mass is 16.5. The van der Waals surface area contributed by atoms with Gasteiger partial charge in [0.15, 0.2) is 0 Å². The second-order valence-corrected chi connectivity index (χ2v) is 8.88. The van der Waals surface area contributed by atoms with Crippen molar-refractivity contribution in [1.29, 1.82) is 0 Å². The Morgan fingerprint density at radius 2 is 1.96 bits per heavy atom. The van der Waals surface area contributed by atoms with Crippen LogP contribution in [0.1, 0.15) is 52.4 Å². The molecule has 1 aliphatic heterocycles. The van der Waals surface area contributed by atoms with Crippen LogP contribution in [0.15, 0.2) is 12.2 Å². The van der Waals surface area contributed by atoms with E-state index in [1.54, 1.807) is 7.11 Å². The summed E-state index contributed by atoms with van der Waals surface area (Å²) in [4.78, 5) is 12.3. The third-order valence-electron chi connectivity index (χ3n) is 8.22. The van der Waals surface area contributed by atoms with Crippen molar-refractivity contribution in [3.63, 3.8) is 0 Å². The molecule has 0 amide bonds. The molecular formula is C20H31NO2. The van der Waals surface area contributed by atoms with Gasteiger partial charge in [0.2, 0.25) is 0 Å². The van der Waals surface area contributed by atoms with Crippen molar-refractivity contribution in [2.45, 2.75) is 58.4 Å². The molecule has 0 aromatic rings. The van der Waals surface area contributed by atoms with Crippen LogP contribution >= 0.6 is 0 Å². The highest BCUT2D eigenvalue weighted by Gasteiger charge is 2.60. The van der Waals surface area contributed by atoms with E-state index in [4.69, 9.17) is 4.74 Å². The van der Waals surface area contributed by atoms with E-state index in [9.17, 15) is 4.79 Å². The monoisotopic (exact) mass is 317 g/mol. The molecule has 3 aliphatic carbocycles. The summed E-state index contributed by atoms with van der Waals surface area (Å²) in [5, 5.41) is 3.74. The van der Waals surface area contributed by atoms with Gasteiger partial charge in [-0.15, -0.1) is 0 Å². The number of carbonyl (C=O) groups excluding carboxylic acids is 1. The lowest BCUT2D eigenvalue weighted by molar-refractivity contribution is -0.153. The summed E-state index contributed by atoms with van der Waals surface area (Å²) in [5.74, 6) is 2.43. The third-order valence-corrected chi connectivity index (χ3v) is 8.22. The molecule has 3 fully saturated rings. The number of rotatable bonds is 1. The van der Waals surface area contributed by atoms with Gasteiger partial charge in [0.1, 0.15) is 0 Å². The SMILES string of the molecule is COC(=O)[C@H]1CC[C@H]2C3CCC4NCC=C[C@]4(C)C3CC[C@]12C. The number of fused-ring (bicyclic) bond motifs is 5. The van der Waals surface area contributed by atoms with E-state index in [1.165, 1.54) is 32.1 Å². The predicted octanol–water partition coefficient (Wildman–Crippen LogP) is 3.55. The molecule has 3 saturated carbocycles. The molecule has 1 heterocycles. The molecule has 1 N–H and O–H groups in total. The van der Waals surface area contributed by atoms with Gasteiger partial charge in [-0.1, -0.05) is 26.0 Å². The summed E-state index contributed by atoms with van der Waals surface area (Å²) in [6.45, 7) is 5.89. The Bertz CT molecular complexity index is 530. The van der Waals surface area contributed by atoms with Gasteiger partial charge in [0, 0.05) is 18.0 Å². The average molecular weight is 317 g/mol. The number of methoxy groups -OCH3 is 1. The first-order chi connectivity index (χ1) is 11.0. The molecule has 0 aromatic heterocycles. The number of nitrogens with one attached hydrogen (secondary N) is 1. The Kier molecular flexibility index (Phi) is 3.64. The molecule has 3 unspecified atom stereocenters. The van der Waals surface area contributed by atoms with Gasteiger partial charge < -0.3 is 10.1 Å². The van der Waals surface area contributed by atoms with Crippen molar-refractivity contribution in [3.8, 4) is 0 Å². The van der Waals surface area contributed by atoms with E-state index in [2.05, 4.69) is 31.3 Å². The largest absolute Gasteiger partial charge is 0.469 e. The smallest absolute Gasteiger partial charge is 0.309 e. The fourth-order valence-electron chi connectivity index (χ4n) is 7.01. The minimum absolute atomic E-state index is 0.0348. The minimum atomic E-state index is 0.0348. The van der Waals surface area contributed by atoms with E-state index in [1.807, 2.05) is 0 Å². The summed E-state index contributed by atoms with van der Waals surface area (Å²) in [7, 11) is 1.55. The molecule has 7 atom stereocenters. The summed E-state index contributed by atoms with van der Waals surface area (Å²) in [6, 6.07) is 0.649. The maximum Gasteiger partial charge on any atom is 0.309 e. The number of ether oxygens (including phenoxy) is 1. The van der Waals surface area contributed by atoms with Crippen molar-refractivity contribution in [2.75, 3.05) is 13.7 Å². The van der Waals surface area contributed by atoms with Gasteiger partial charge in [0.05, 0.1) is 13.0 Å². The zero-order chi connectivity index (χ0) is 16.2. The van der Waals surface area contributed by atoms with Gasteiger partial charge in [-0.3, -0.25) is 4.79 Å². The van der Waals surface area contributed by atoms with Crippen LogP contribution < -0.4 is 5.32 Å². The fraction of sp³-hybridized carbons (Fsp3) is 0.850. The number of hydrogen-bond acceptors (Lipinski definition) is 3. The maximum absolute atomic E-state index is 12.3. The van der Waals surface area contributed by atoms with Gasteiger partial charge in [0.25, 0.3) is 0 Å².